The minimum Gasteiger partial charge on any atom is -0.341 e. The molecule has 0 amide bonds. The highest BCUT2D eigenvalue weighted by atomic mass is 16.2. The third-order valence-electron chi connectivity index (χ3n) is 4.49. The zero-order chi connectivity index (χ0) is 16.5. The molecule has 4 rings (SSSR count). The van der Waals surface area contributed by atoms with Gasteiger partial charge < -0.3 is 9.88 Å². The summed E-state index contributed by atoms with van der Waals surface area (Å²) in [4.78, 5) is 37.7. The number of H-pyrrole nitrogens is 1. The number of benzene rings is 1. The Labute approximate surface area is 137 Å². The maximum absolute atomic E-state index is 12.4. The molecule has 1 aromatic carbocycles. The minimum atomic E-state index is -0.567. The standard InChI is InChI=1S/C17H17N5O2/c23-15-16(24)22(14-5-2-1-4-13(14)20-15)12-6-10-21(11-7-12)17-18-8-3-9-19-17/h1-5,8-9,12H,6-7,10-11H2,(H,20,23). The minimum absolute atomic E-state index is 0.00432. The number of nitrogens with one attached hydrogen (secondary N) is 1. The average Bonchev–Trinajstić information content (AvgIpc) is 2.64. The Balaban J connectivity index is 1.67. The lowest BCUT2D eigenvalue weighted by molar-refractivity contribution is 0.392. The average molecular weight is 323 g/mol. The zero-order valence-corrected chi connectivity index (χ0v) is 13.1. The summed E-state index contributed by atoms with van der Waals surface area (Å²) in [5.41, 5.74) is 0.415. The van der Waals surface area contributed by atoms with Crippen molar-refractivity contribution in [1.29, 1.82) is 0 Å². The van der Waals surface area contributed by atoms with E-state index in [9.17, 15) is 9.59 Å². The molecule has 1 fully saturated rings. The van der Waals surface area contributed by atoms with E-state index >= 15 is 0 Å². The molecule has 1 aliphatic rings. The number of hydrogen-bond acceptors (Lipinski definition) is 5. The van der Waals surface area contributed by atoms with E-state index in [-0.39, 0.29) is 6.04 Å². The van der Waals surface area contributed by atoms with Crippen molar-refractivity contribution < 1.29 is 0 Å². The van der Waals surface area contributed by atoms with Gasteiger partial charge in [0.1, 0.15) is 0 Å². The second-order valence-electron chi connectivity index (χ2n) is 5.91. The maximum atomic E-state index is 12.4. The summed E-state index contributed by atoms with van der Waals surface area (Å²) in [5, 5.41) is 0. The van der Waals surface area contributed by atoms with Gasteiger partial charge in [-0.15, -0.1) is 0 Å². The van der Waals surface area contributed by atoms with E-state index in [2.05, 4.69) is 19.9 Å². The van der Waals surface area contributed by atoms with Crippen molar-refractivity contribution in [2.24, 2.45) is 0 Å². The molecule has 1 saturated heterocycles. The summed E-state index contributed by atoms with van der Waals surface area (Å²) in [6.07, 6.45) is 4.99. The maximum Gasteiger partial charge on any atom is 0.316 e. The largest absolute Gasteiger partial charge is 0.341 e. The quantitative estimate of drug-likeness (QED) is 0.719. The van der Waals surface area contributed by atoms with Crippen molar-refractivity contribution in [2.75, 3.05) is 18.0 Å². The number of fused-ring (bicyclic) bond motifs is 1. The molecule has 24 heavy (non-hydrogen) atoms. The number of piperidine rings is 1. The van der Waals surface area contributed by atoms with Gasteiger partial charge in [-0.1, -0.05) is 12.1 Å². The Morgan fingerprint density at radius 2 is 1.71 bits per heavy atom. The van der Waals surface area contributed by atoms with Crippen LogP contribution in [-0.4, -0.2) is 32.6 Å². The molecule has 3 heterocycles. The van der Waals surface area contributed by atoms with Gasteiger partial charge in [0.25, 0.3) is 0 Å². The van der Waals surface area contributed by atoms with Crippen molar-refractivity contribution in [3.8, 4) is 0 Å². The van der Waals surface area contributed by atoms with Crippen LogP contribution in [0.3, 0.4) is 0 Å². The monoisotopic (exact) mass is 323 g/mol. The van der Waals surface area contributed by atoms with E-state index in [1.165, 1.54) is 0 Å². The number of anilines is 1. The van der Waals surface area contributed by atoms with Gasteiger partial charge in [-0.2, -0.15) is 0 Å². The fraction of sp³-hybridized carbons (Fsp3) is 0.294. The van der Waals surface area contributed by atoms with Crippen LogP contribution in [-0.2, 0) is 0 Å². The van der Waals surface area contributed by atoms with Crippen LogP contribution in [0.2, 0.25) is 0 Å². The first kappa shape index (κ1) is 14.6. The number of para-hydroxylation sites is 2. The molecular formula is C17H17N5O2. The molecule has 2 aromatic heterocycles. The second-order valence-corrected chi connectivity index (χ2v) is 5.91. The molecule has 0 bridgehead atoms. The normalized spacial score (nSPS) is 15.8. The summed E-state index contributed by atoms with van der Waals surface area (Å²) < 4.78 is 1.65. The first-order valence-electron chi connectivity index (χ1n) is 7.99. The van der Waals surface area contributed by atoms with Gasteiger partial charge in [-0.25, -0.2) is 9.97 Å². The van der Waals surface area contributed by atoms with Crippen LogP contribution in [0.5, 0.6) is 0 Å². The number of aromatic nitrogens is 4. The van der Waals surface area contributed by atoms with Crippen LogP contribution in [0.1, 0.15) is 18.9 Å². The van der Waals surface area contributed by atoms with Gasteiger partial charge in [0.05, 0.1) is 11.0 Å². The second kappa shape index (κ2) is 5.92. The van der Waals surface area contributed by atoms with Crippen molar-refractivity contribution >= 4 is 17.0 Å². The molecule has 0 atom stereocenters. The first-order chi connectivity index (χ1) is 11.7. The van der Waals surface area contributed by atoms with Crippen LogP contribution >= 0.6 is 0 Å². The van der Waals surface area contributed by atoms with Crippen molar-refractivity contribution in [2.45, 2.75) is 18.9 Å². The third kappa shape index (κ3) is 2.47. The highest BCUT2D eigenvalue weighted by Gasteiger charge is 2.24. The summed E-state index contributed by atoms with van der Waals surface area (Å²) in [6.45, 7) is 1.50. The van der Waals surface area contributed by atoms with Gasteiger partial charge in [0, 0.05) is 31.5 Å². The molecule has 0 saturated carbocycles. The van der Waals surface area contributed by atoms with Gasteiger partial charge in [0.15, 0.2) is 0 Å². The Morgan fingerprint density at radius 1 is 1.00 bits per heavy atom. The highest BCUT2D eigenvalue weighted by molar-refractivity contribution is 5.74. The molecule has 0 aliphatic carbocycles. The van der Waals surface area contributed by atoms with Gasteiger partial charge in [-0.05, 0) is 31.0 Å². The molecule has 3 aromatic rings. The van der Waals surface area contributed by atoms with E-state index in [1.54, 1.807) is 23.0 Å². The number of nitrogens with zero attached hydrogens (tertiary/aromatic N) is 4. The van der Waals surface area contributed by atoms with Crippen molar-refractivity contribution in [1.82, 2.24) is 19.5 Å². The molecule has 1 N–H and O–H groups in total. The fourth-order valence-corrected chi connectivity index (χ4v) is 3.33. The highest BCUT2D eigenvalue weighted by Crippen LogP contribution is 2.25. The Morgan fingerprint density at radius 3 is 2.46 bits per heavy atom. The van der Waals surface area contributed by atoms with Crippen LogP contribution < -0.4 is 16.0 Å². The van der Waals surface area contributed by atoms with Gasteiger partial charge >= 0.3 is 11.1 Å². The predicted molar refractivity (Wildman–Crippen MR) is 91.3 cm³/mol. The molecule has 1 aliphatic heterocycles. The summed E-state index contributed by atoms with van der Waals surface area (Å²) in [5.74, 6) is 0.707. The lowest BCUT2D eigenvalue weighted by atomic mass is 10.0. The van der Waals surface area contributed by atoms with Crippen molar-refractivity contribution in [3.63, 3.8) is 0 Å². The molecule has 0 spiro atoms. The fourth-order valence-electron chi connectivity index (χ4n) is 3.33. The molecule has 0 radical (unpaired) electrons. The third-order valence-corrected chi connectivity index (χ3v) is 4.49. The van der Waals surface area contributed by atoms with Crippen molar-refractivity contribution in [3.05, 3.63) is 63.4 Å². The Kier molecular flexibility index (Phi) is 3.60. The lowest BCUT2D eigenvalue weighted by Gasteiger charge is -2.33. The molecule has 7 heteroatoms. The summed E-state index contributed by atoms with van der Waals surface area (Å²) in [6, 6.07) is 9.22. The molecule has 0 unspecified atom stereocenters. The summed E-state index contributed by atoms with van der Waals surface area (Å²) in [7, 11) is 0. The van der Waals surface area contributed by atoms with E-state index < -0.39 is 11.1 Å². The zero-order valence-electron chi connectivity index (χ0n) is 13.1. The van der Waals surface area contributed by atoms with Crippen LogP contribution in [0.25, 0.3) is 11.0 Å². The van der Waals surface area contributed by atoms with Gasteiger partial charge in [-0.3, -0.25) is 14.2 Å². The first-order valence-corrected chi connectivity index (χ1v) is 7.99. The van der Waals surface area contributed by atoms with E-state index in [0.29, 0.717) is 11.5 Å². The Hall–Kier alpha value is -2.96. The topological polar surface area (TPSA) is 83.9 Å². The molecular weight excluding hydrogens is 306 g/mol. The van der Waals surface area contributed by atoms with Crippen LogP contribution in [0.15, 0.2) is 52.3 Å². The van der Waals surface area contributed by atoms with E-state index in [0.717, 1.165) is 31.4 Å². The smallest absolute Gasteiger partial charge is 0.316 e. The van der Waals surface area contributed by atoms with E-state index in [1.807, 2.05) is 24.3 Å². The van der Waals surface area contributed by atoms with Crippen LogP contribution in [0.4, 0.5) is 5.95 Å². The van der Waals surface area contributed by atoms with Crippen LogP contribution in [0, 0.1) is 0 Å². The lowest BCUT2D eigenvalue weighted by Crippen LogP contribution is -2.43. The number of aromatic amines is 1. The summed E-state index contributed by atoms with van der Waals surface area (Å²) >= 11 is 0. The predicted octanol–water partition coefficient (Wildman–Crippen LogP) is 1.32. The van der Waals surface area contributed by atoms with E-state index in [4.69, 9.17) is 0 Å². The Bertz CT molecular complexity index is 971. The SMILES string of the molecule is O=c1[nH]c2ccccc2n(C2CCN(c3ncccn3)CC2)c1=O. The van der Waals surface area contributed by atoms with Gasteiger partial charge in [0.2, 0.25) is 5.95 Å². The molecule has 122 valence electrons. The number of hydrogen-bond donors (Lipinski definition) is 1. The number of rotatable bonds is 2. The molecule has 7 nitrogen and oxygen atoms in total.